The number of allylic oxidation sites excluding steroid dienone is 2. The highest BCUT2D eigenvalue weighted by molar-refractivity contribution is 5.82. The topological polar surface area (TPSA) is 26.3 Å². The Morgan fingerprint density at radius 3 is 2.61 bits per heavy atom. The lowest BCUT2D eigenvalue weighted by molar-refractivity contribution is -0.126. The molecule has 5 rings (SSSR count). The Labute approximate surface area is 137 Å². The molecule has 2 heteroatoms. The van der Waals surface area contributed by atoms with Crippen LogP contribution in [-0.2, 0) is 4.79 Å². The summed E-state index contributed by atoms with van der Waals surface area (Å²) < 4.78 is 5.72. The second-order valence-electron chi connectivity index (χ2n) is 7.98. The molecule has 120 valence electrons. The predicted octanol–water partition coefficient (Wildman–Crippen LogP) is 4.12. The quantitative estimate of drug-likeness (QED) is 0.604. The lowest BCUT2D eigenvalue weighted by Crippen LogP contribution is -2.34. The third-order valence-corrected chi connectivity index (χ3v) is 7.04. The average Bonchev–Trinajstić information content (AvgIpc) is 3.34. The van der Waals surface area contributed by atoms with Crippen molar-refractivity contribution in [3.8, 4) is 5.75 Å². The SMILES string of the molecule is O=C(CCOc1ccccc1)C1CC2CC1C1C3C=CC(C3)C21. The zero-order valence-corrected chi connectivity index (χ0v) is 13.4. The van der Waals surface area contributed by atoms with E-state index in [4.69, 9.17) is 4.74 Å². The molecule has 4 aliphatic rings. The molecular formula is C21H24O2. The number of ether oxygens (including phenoxy) is 1. The first-order valence-electron chi connectivity index (χ1n) is 9.20. The van der Waals surface area contributed by atoms with E-state index in [2.05, 4.69) is 12.2 Å². The van der Waals surface area contributed by atoms with E-state index < -0.39 is 0 Å². The molecule has 0 saturated heterocycles. The molecular weight excluding hydrogens is 284 g/mol. The van der Waals surface area contributed by atoms with Gasteiger partial charge in [-0.15, -0.1) is 0 Å². The first-order chi connectivity index (χ1) is 11.3. The molecule has 0 N–H and O–H groups in total. The maximum Gasteiger partial charge on any atom is 0.139 e. The van der Waals surface area contributed by atoms with Crippen LogP contribution in [0.3, 0.4) is 0 Å². The number of carbonyl (C=O) groups excluding carboxylic acids is 1. The minimum atomic E-state index is 0.327. The molecule has 7 unspecified atom stereocenters. The highest BCUT2D eigenvalue weighted by Gasteiger charge is 2.61. The van der Waals surface area contributed by atoms with E-state index in [-0.39, 0.29) is 0 Å². The molecule has 2 nitrogen and oxygen atoms in total. The Balaban J connectivity index is 1.20. The van der Waals surface area contributed by atoms with Gasteiger partial charge in [-0.3, -0.25) is 4.79 Å². The summed E-state index contributed by atoms with van der Waals surface area (Å²) >= 11 is 0. The van der Waals surface area contributed by atoms with E-state index in [9.17, 15) is 4.79 Å². The van der Waals surface area contributed by atoms with Crippen LogP contribution < -0.4 is 4.74 Å². The van der Waals surface area contributed by atoms with E-state index in [0.717, 1.165) is 41.8 Å². The van der Waals surface area contributed by atoms with Gasteiger partial charge in [-0.2, -0.15) is 0 Å². The molecule has 0 aliphatic heterocycles. The van der Waals surface area contributed by atoms with Crippen LogP contribution in [0.25, 0.3) is 0 Å². The summed E-state index contributed by atoms with van der Waals surface area (Å²) in [6.07, 6.45) is 9.35. The van der Waals surface area contributed by atoms with Gasteiger partial charge in [0.25, 0.3) is 0 Å². The van der Waals surface area contributed by atoms with Crippen molar-refractivity contribution >= 4 is 5.78 Å². The molecule has 0 aromatic heterocycles. The molecule has 0 radical (unpaired) electrons. The minimum absolute atomic E-state index is 0.327. The van der Waals surface area contributed by atoms with Crippen molar-refractivity contribution in [3.63, 3.8) is 0 Å². The molecule has 0 amide bonds. The highest BCUT2D eigenvalue weighted by atomic mass is 16.5. The zero-order valence-electron chi connectivity index (χ0n) is 13.4. The Bertz CT molecular complexity index is 635. The van der Waals surface area contributed by atoms with Gasteiger partial charge in [0.15, 0.2) is 0 Å². The van der Waals surface area contributed by atoms with E-state index in [1.54, 1.807) is 0 Å². The van der Waals surface area contributed by atoms with Crippen LogP contribution in [0.4, 0.5) is 0 Å². The molecule has 0 heterocycles. The number of ketones is 1. The summed E-state index contributed by atoms with van der Waals surface area (Å²) in [4.78, 5) is 12.7. The maximum absolute atomic E-state index is 12.7. The highest BCUT2D eigenvalue weighted by Crippen LogP contribution is 2.67. The van der Waals surface area contributed by atoms with E-state index in [1.807, 2.05) is 30.3 Å². The van der Waals surface area contributed by atoms with Crippen molar-refractivity contribution in [2.45, 2.75) is 25.7 Å². The second-order valence-corrected chi connectivity index (χ2v) is 7.98. The van der Waals surface area contributed by atoms with E-state index in [0.29, 0.717) is 30.6 Å². The molecule has 0 spiro atoms. The molecule has 1 aromatic rings. The number of hydrogen-bond acceptors (Lipinski definition) is 2. The fourth-order valence-electron chi connectivity index (χ4n) is 6.36. The van der Waals surface area contributed by atoms with Crippen molar-refractivity contribution < 1.29 is 9.53 Å². The summed E-state index contributed by atoms with van der Waals surface area (Å²) in [5.41, 5.74) is 0. The Morgan fingerprint density at radius 1 is 1.00 bits per heavy atom. The first kappa shape index (κ1) is 13.8. The standard InChI is InChI=1S/C21H24O2/c22-19(8-9-23-16-4-2-1-3-5-16)17-11-15-12-18(17)21-14-7-6-13(10-14)20(15)21/h1-7,13-15,17-18,20-21H,8-12H2. The molecule has 1 aromatic carbocycles. The Kier molecular flexibility index (Phi) is 3.14. The van der Waals surface area contributed by atoms with Crippen LogP contribution in [0, 0.1) is 41.4 Å². The van der Waals surface area contributed by atoms with Crippen LogP contribution in [0.15, 0.2) is 42.5 Å². The lowest BCUT2D eigenvalue weighted by atomic mass is 9.68. The van der Waals surface area contributed by atoms with Crippen LogP contribution >= 0.6 is 0 Å². The summed E-state index contributed by atoms with van der Waals surface area (Å²) in [5, 5.41) is 0. The van der Waals surface area contributed by atoms with Gasteiger partial charge >= 0.3 is 0 Å². The lowest BCUT2D eigenvalue weighted by Gasteiger charge is -2.36. The molecule has 4 aliphatic carbocycles. The van der Waals surface area contributed by atoms with Gasteiger partial charge < -0.3 is 4.74 Å². The summed E-state index contributed by atoms with van der Waals surface area (Å²) in [6, 6.07) is 9.82. The number of rotatable bonds is 5. The van der Waals surface area contributed by atoms with Gasteiger partial charge in [0.1, 0.15) is 11.5 Å². The van der Waals surface area contributed by atoms with Gasteiger partial charge in [0, 0.05) is 12.3 Å². The van der Waals surface area contributed by atoms with Crippen molar-refractivity contribution in [3.05, 3.63) is 42.5 Å². The zero-order chi connectivity index (χ0) is 15.4. The molecule has 3 fully saturated rings. The number of fused-ring (bicyclic) bond motifs is 9. The van der Waals surface area contributed by atoms with Gasteiger partial charge in [-0.05, 0) is 66.9 Å². The third-order valence-electron chi connectivity index (χ3n) is 7.04. The maximum atomic E-state index is 12.7. The Morgan fingerprint density at radius 2 is 1.78 bits per heavy atom. The van der Waals surface area contributed by atoms with E-state index >= 15 is 0 Å². The summed E-state index contributed by atoms with van der Waals surface area (Å²) in [7, 11) is 0. The van der Waals surface area contributed by atoms with Gasteiger partial charge in [-0.25, -0.2) is 0 Å². The number of Topliss-reactive ketones (excluding diaryl/α,β-unsaturated/α-hetero) is 1. The summed E-state index contributed by atoms with van der Waals surface area (Å²) in [5.74, 6) is 6.53. The van der Waals surface area contributed by atoms with Crippen molar-refractivity contribution in [2.75, 3.05) is 6.61 Å². The number of para-hydroxylation sites is 1. The third kappa shape index (κ3) is 2.10. The molecule has 7 atom stereocenters. The fraction of sp³-hybridized carbons (Fsp3) is 0.571. The van der Waals surface area contributed by atoms with Crippen molar-refractivity contribution in [1.82, 2.24) is 0 Å². The van der Waals surface area contributed by atoms with Crippen LogP contribution in [-0.4, -0.2) is 12.4 Å². The van der Waals surface area contributed by atoms with Gasteiger partial charge in [0.05, 0.1) is 6.61 Å². The van der Waals surface area contributed by atoms with Gasteiger partial charge in [-0.1, -0.05) is 30.4 Å². The number of hydrogen-bond donors (Lipinski definition) is 0. The van der Waals surface area contributed by atoms with Crippen molar-refractivity contribution in [1.29, 1.82) is 0 Å². The molecule has 4 bridgehead atoms. The molecule has 23 heavy (non-hydrogen) atoms. The second kappa shape index (κ2) is 5.22. The fourth-order valence-corrected chi connectivity index (χ4v) is 6.36. The predicted molar refractivity (Wildman–Crippen MR) is 89.0 cm³/mol. The average molecular weight is 308 g/mol. The van der Waals surface area contributed by atoms with Crippen LogP contribution in [0.2, 0.25) is 0 Å². The van der Waals surface area contributed by atoms with E-state index in [1.165, 1.54) is 12.8 Å². The number of benzene rings is 1. The van der Waals surface area contributed by atoms with Crippen molar-refractivity contribution in [2.24, 2.45) is 41.4 Å². The summed E-state index contributed by atoms with van der Waals surface area (Å²) in [6.45, 7) is 0.525. The molecule has 3 saturated carbocycles. The monoisotopic (exact) mass is 308 g/mol. The number of carbonyl (C=O) groups is 1. The normalized spacial score (nSPS) is 42.2. The first-order valence-corrected chi connectivity index (χ1v) is 9.20. The largest absolute Gasteiger partial charge is 0.493 e. The van der Waals surface area contributed by atoms with Crippen LogP contribution in [0.5, 0.6) is 5.75 Å². The minimum Gasteiger partial charge on any atom is -0.493 e. The smallest absolute Gasteiger partial charge is 0.139 e. The van der Waals surface area contributed by atoms with Gasteiger partial charge in [0.2, 0.25) is 0 Å². The Hall–Kier alpha value is -1.57. The van der Waals surface area contributed by atoms with Crippen LogP contribution in [0.1, 0.15) is 25.7 Å².